The van der Waals surface area contributed by atoms with Crippen molar-refractivity contribution in [3.63, 3.8) is 0 Å². The van der Waals surface area contributed by atoms with Gasteiger partial charge in [0, 0.05) is 43.5 Å². The molecule has 1 fully saturated rings. The van der Waals surface area contributed by atoms with Crippen molar-refractivity contribution in [2.75, 3.05) is 11.9 Å². The Morgan fingerprint density at radius 2 is 1.97 bits per heavy atom. The number of hydrogen-bond donors (Lipinski definition) is 2. The first-order valence-electron chi connectivity index (χ1n) is 9.62. The van der Waals surface area contributed by atoms with Crippen molar-refractivity contribution in [3.05, 3.63) is 70.3 Å². The van der Waals surface area contributed by atoms with Crippen LogP contribution in [0.1, 0.15) is 23.5 Å². The lowest BCUT2D eigenvalue weighted by molar-refractivity contribution is -0.120. The van der Waals surface area contributed by atoms with E-state index in [1.165, 1.54) is 0 Å². The van der Waals surface area contributed by atoms with E-state index in [1.54, 1.807) is 22.7 Å². The molecular formula is C22H19N5O2. The average molecular weight is 385 g/mol. The highest BCUT2D eigenvalue weighted by Gasteiger charge is 2.67. The van der Waals surface area contributed by atoms with Gasteiger partial charge in [-0.05, 0) is 35.7 Å². The van der Waals surface area contributed by atoms with Crippen molar-refractivity contribution in [2.45, 2.75) is 17.8 Å². The van der Waals surface area contributed by atoms with Crippen LogP contribution in [0.2, 0.25) is 0 Å². The number of carbonyl (C=O) groups is 1. The second kappa shape index (κ2) is 5.26. The van der Waals surface area contributed by atoms with Gasteiger partial charge in [-0.2, -0.15) is 5.10 Å². The van der Waals surface area contributed by atoms with Crippen LogP contribution in [-0.2, 0) is 17.3 Å². The molecule has 1 amide bonds. The number of benzene rings is 1. The molecule has 4 heterocycles. The van der Waals surface area contributed by atoms with Crippen molar-refractivity contribution < 1.29 is 4.79 Å². The second-order valence-electron chi connectivity index (χ2n) is 8.05. The quantitative estimate of drug-likeness (QED) is 0.556. The molecule has 1 spiro atoms. The van der Waals surface area contributed by atoms with Gasteiger partial charge in [0.1, 0.15) is 5.52 Å². The summed E-state index contributed by atoms with van der Waals surface area (Å²) in [5, 5.41) is 7.81. The van der Waals surface area contributed by atoms with Crippen LogP contribution >= 0.6 is 0 Å². The van der Waals surface area contributed by atoms with Gasteiger partial charge in [0.15, 0.2) is 0 Å². The molecular weight excluding hydrogens is 366 g/mol. The van der Waals surface area contributed by atoms with Crippen LogP contribution in [-0.4, -0.2) is 32.7 Å². The smallest absolute Gasteiger partial charge is 0.274 e. The van der Waals surface area contributed by atoms with Crippen LogP contribution < -0.4 is 10.5 Å². The minimum atomic E-state index is -0.527. The van der Waals surface area contributed by atoms with Crippen LogP contribution in [0.4, 0.5) is 5.69 Å². The van der Waals surface area contributed by atoms with Crippen LogP contribution in [0.25, 0.3) is 22.3 Å². The summed E-state index contributed by atoms with van der Waals surface area (Å²) in [6, 6.07) is 11.9. The summed E-state index contributed by atoms with van der Waals surface area (Å²) < 4.78 is 1.60. The number of carbonyl (C=O) groups excluding carboxylic acids is 1. The number of hydrogen-bond acceptors (Lipinski definition) is 3. The molecule has 4 aromatic rings. The minimum Gasteiger partial charge on any atom is -0.349 e. The summed E-state index contributed by atoms with van der Waals surface area (Å²) in [4.78, 5) is 31.0. The zero-order chi connectivity index (χ0) is 19.9. The Bertz CT molecular complexity index is 1360. The molecule has 6 rings (SSSR count). The molecule has 2 N–H and O–H groups in total. The van der Waals surface area contributed by atoms with Crippen LogP contribution in [0.3, 0.4) is 0 Å². The van der Waals surface area contributed by atoms with Gasteiger partial charge in [-0.3, -0.25) is 14.7 Å². The van der Waals surface area contributed by atoms with Crippen LogP contribution in [0.15, 0.2) is 53.6 Å². The third kappa shape index (κ3) is 1.94. The molecule has 2 atom stereocenters. The average Bonchev–Trinajstić information content (AvgIpc) is 3.05. The number of rotatable bonds is 2. The second-order valence-corrected chi connectivity index (χ2v) is 8.05. The topological polar surface area (TPSA) is 86.8 Å². The summed E-state index contributed by atoms with van der Waals surface area (Å²) in [5.74, 6) is 0.177. The zero-order valence-electron chi connectivity index (χ0n) is 16.1. The van der Waals surface area contributed by atoms with Gasteiger partial charge in [0.25, 0.3) is 5.56 Å². The summed E-state index contributed by atoms with van der Waals surface area (Å²) in [5.41, 5.74) is 4.68. The summed E-state index contributed by atoms with van der Waals surface area (Å²) in [6.45, 7) is 0. The van der Waals surface area contributed by atoms with Crippen molar-refractivity contribution >= 4 is 22.5 Å². The Morgan fingerprint density at radius 3 is 2.76 bits per heavy atom. The molecule has 1 saturated carbocycles. The Morgan fingerprint density at radius 1 is 1.14 bits per heavy atom. The maximum Gasteiger partial charge on any atom is 0.274 e. The maximum absolute atomic E-state index is 13.2. The molecule has 144 valence electrons. The molecule has 1 aromatic carbocycles. The third-order valence-corrected chi connectivity index (χ3v) is 6.56. The first-order valence-corrected chi connectivity index (χ1v) is 9.62. The number of nitrogens with one attached hydrogen (secondary N) is 2. The number of aryl methyl sites for hydroxylation is 1. The Labute approximate surface area is 166 Å². The van der Waals surface area contributed by atoms with E-state index in [4.69, 9.17) is 0 Å². The molecule has 2 aliphatic rings. The van der Waals surface area contributed by atoms with Crippen molar-refractivity contribution in [1.29, 1.82) is 0 Å². The van der Waals surface area contributed by atoms with E-state index in [0.717, 1.165) is 40.0 Å². The number of para-hydroxylation sites is 1. The highest BCUT2D eigenvalue weighted by molar-refractivity contribution is 6.11. The number of aromatic nitrogens is 4. The number of anilines is 1. The van der Waals surface area contributed by atoms with Crippen LogP contribution in [0, 0.1) is 0 Å². The standard InChI is InChI=1S/C22H19N5O2/c1-26-11-13(12-9-17(16-7-8-23-25-16)24-19(12)20(26)28)15-10-22(15)14-5-3-4-6-18(14)27(2)21(22)29/h3-9,11,15,24H,10H2,1-2H3,(H,23,25). The lowest BCUT2D eigenvalue weighted by atomic mass is 9.91. The molecule has 0 radical (unpaired) electrons. The number of pyridine rings is 1. The van der Waals surface area contributed by atoms with Gasteiger partial charge < -0.3 is 14.5 Å². The molecule has 2 unspecified atom stereocenters. The number of H-pyrrole nitrogens is 2. The van der Waals surface area contributed by atoms with Gasteiger partial charge >= 0.3 is 0 Å². The molecule has 0 saturated heterocycles. The summed E-state index contributed by atoms with van der Waals surface area (Å²) in [6.07, 6.45) is 4.33. The summed E-state index contributed by atoms with van der Waals surface area (Å²) in [7, 11) is 3.60. The van der Waals surface area contributed by atoms with Gasteiger partial charge in [-0.25, -0.2) is 0 Å². The van der Waals surface area contributed by atoms with Crippen molar-refractivity contribution in [2.24, 2.45) is 7.05 Å². The highest BCUT2D eigenvalue weighted by atomic mass is 16.2. The third-order valence-electron chi connectivity index (χ3n) is 6.56. The minimum absolute atomic E-state index is 0.0424. The lowest BCUT2D eigenvalue weighted by Crippen LogP contribution is -2.29. The summed E-state index contributed by atoms with van der Waals surface area (Å²) >= 11 is 0. The number of nitrogens with zero attached hydrogens (tertiary/aromatic N) is 3. The number of likely N-dealkylation sites (N-methyl/N-ethyl adjacent to an activating group) is 1. The normalized spacial score (nSPS) is 22.6. The SMILES string of the molecule is CN1C(=O)C2(CC2c2cn(C)c(=O)c3[nH]c(-c4ccn[nH]4)cc23)c2ccccc21. The van der Waals surface area contributed by atoms with Gasteiger partial charge in [-0.15, -0.1) is 0 Å². The van der Waals surface area contributed by atoms with E-state index >= 15 is 0 Å². The fourth-order valence-corrected chi connectivity index (χ4v) is 5.03. The van der Waals surface area contributed by atoms with Gasteiger partial charge in [0.2, 0.25) is 5.91 Å². The van der Waals surface area contributed by atoms with Crippen LogP contribution in [0.5, 0.6) is 0 Å². The zero-order valence-corrected chi connectivity index (χ0v) is 16.1. The van der Waals surface area contributed by atoms with E-state index < -0.39 is 5.41 Å². The largest absolute Gasteiger partial charge is 0.349 e. The Hall–Kier alpha value is -3.61. The fraction of sp³-hybridized carbons (Fsp3) is 0.227. The number of aromatic amines is 2. The molecule has 1 aliphatic carbocycles. The number of amides is 1. The van der Waals surface area contributed by atoms with Crippen molar-refractivity contribution in [3.8, 4) is 11.4 Å². The molecule has 7 nitrogen and oxygen atoms in total. The first-order chi connectivity index (χ1) is 14.0. The van der Waals surface area contributed by atoms with E-state index in [0.29, 0.717) is 5.52 Å². The Balaban J connectivity index is 1.56. The van der Waals surface area contributed by atoms with E-state index in [-0.39, 0.29) is 17.4 Å². The van der Waals surface area contributed by atoms with Gasteiger partial charge in [0.05, 0.1) is 16.8 Å². The fourth-order valence-electron chi connectivity index (χ4n) is 5.03. The van der Waals surface area contributed by atoms with E-state index in [2.05, 4.69) is 21.2 Å². The maximum atomic E-state index is 13.2. The molecule has 3 aromatic heterocycles. The van der Waals surface area contributed by atoms with E-state index in [9.17, 15) is 9.59 Å². The highest BCUT2D eigenvalue weighted by Crippen LogP contribution is 2.66. The molecule has 1 aliphatic heterocycles. The van der Waals surface area contributed by atoms with E-state index in [1.807, 2.05) is 43.6 Å². The number of fused-ring (bicyclic) bond motifs is 3. The monoisotopic (exact) mass is 385 g/mol. The molecule has 7 heteroatoms. The molecule has 0 bridgehead atoms. The van der Waals surface area contributed by atoms with Gasteiger partial charge in [-0.1, -0.05) is 18.2 Å². The Kier molecular flexibility index (Phi) is 2.96. The first kappa shape index (κ1) is 16.4. The lowest BCUT2D eigenvalue weighted by Gasteiger charge is -2.12. The predicted octanol–water partition coefficient (Wildman–Crippen LogP) is 2.66. The molecule has 29 heavy (non-hydrogen) atoms. The predicted molar refractivity (Wildman–Crippen MR) is 110 cm³/mol. The van der Waals surface area contributed by atoms with Crippen molar-refractivity contribution in [1.82, 2.24) is 19.7 Å².